The number of benzene rings is 1. The third-order valence-corrected chi connectivity index (χ3v) is 3.94. The first-order chi connectivity index (χ1) is 12.1. The van der Waals surface area contributed by atoms with E-state index < -0.39 is 0 Å². The molecular weight excluding hydrogens is 324 g/mol. The third kappa shape index (κ3) is 2.60. The maximum atomic E-state index is 12.2. The summed E-state index contributed by atoms with van der Waals surface area (Å²) in [6, 6.07) is 6.78. The zero-order chi connectivity index (χ0) is 17.4. The second-order valence-electron chi connectivity index (χ2n) is 5.50. The molecule has 0 unspecified atom stereocenters. The van der Waals surface area contributed by atoms with Crippen molar-refractivity contribution in [1.82, 2.24) is 24.4 Å². The highest BCUT2D eigenvalue weighted by atomic mass is 16.5. The molecule has 9 heteroatoms. The number of nitrogens with two attached hydrogens (primary N) is 1. The molecule has 0 radical (unpaired) electrons. The summed E-state index contributed by atoms with van der Waals surface area (Å²) < 4.78 is 7.24. The molecule has 2 N–H and O–H groups in total. The number of hydrogen-bond acceptors (Lipinski definition) is 7. The Hall–Kier alpha value is -3.33. The van der Waals surface area contributed by atoms with Crippen molar-refractivity contribution in [2.24, 2.45) is 0 Å². The molecule has 3 heterocycles. The van der Waals surface area contributed by atoms with Crippen molar-refractivity contribution >= 4 is 28.9 Å². The number of ether oxygens (including phenoxy) is 1. The molecule has 126 valence electrons. The first-order valence-corrected chi connectivity index (χ1v) is 7.61. The fourth-order valence-electron chi connectivity index (χ4n) is 2.72. The zero-order valence-corrected chi connectivity index (χ0v) is 13.1. The molecule has 2 amide bonds. The van der Waals surface area contributed by atoms with Crippen molar-refractivity contribution in [2.45, 2.75) is 6.73 Å². The molecule has 1 aliphatic rings. The van der Waals surface area contributed by atoms with E-state index in [-0.39, 0.29) is 37.6 Å². The van der Waals surface area contributed by atoms with Crippen molar-refractivity contribution in [3.05, 3.63) is 47.9 Å². The van der Waals surface area contributed by atoms with Gasteiger partial charge in [0.25, 0.3) is 11.8 Å². The second-order valence-corrected chi connectivity index (χ2v) is 5.50. The quantitative estimate of drug-likeness (QED) is 0.537. The van der Waals surface area contributed by atoms with Crippen LogP contribution in [0.5, 0.6) is 0 Å². The van der Waals surface area contributed by atoms with Crippen LogP contribution in [0.15, 0.2) is 36.8 Å². The van der Waals surface area contributed by atoms with E-state index in [4.69, 9.17) is 10.5 Å². The predicted octanol–water partition coefficient (Wildman–Crippen LogP) is 0.679. The van der Waals surface area contributed by atoms with Gasteiger partial charge in [-0.1, -0.05) is 12.1 Å². The largest absolute Gasteiger partial charge is 0.368 e. The Morgan fingerprint density at radius 2 is 1.80 bits per heavy atom. The Kier molecular flexibility index (Phi) is 3.62. The van der Waals surface area contributed by atoms with E-state index in [0.29, 0.717) is 22.3 Å². The van der Waals surface area contributed by atoms with E-state index in [0.717, 1.165) is 0 Å². The van der Waals surface area contributed by atoms with Crippen molar-refractivity contribution in [3.63, 3.8) is 0 Å². The zero-order valence-electron chi connectivity index (χ0n) is 13.1. The lowest BCUT2D eigenvalue weighted by atomic mass is 10.1. The summed E-state index contributed by atoms with van der Waals surface area (Å²) in [5.41, 5.74) is 7.61. The lowest BCUT2D eigenvalue weighted by Crippen LogP contribution is -2.33. The van der Waals surface area contributed by atoms with Crippen LogP contribution < -0.4 is 5.73 Å². The van der Waals surface area contributed by atoms with Crippen LogP contribution in [0, 0.1) is 0 Å². The molecule has 1 aliphatic heterocycles. The van der Waals surface area contributed by atoms with Crippen molar-refractivity contribution in [1.29, 1.82) is 0 Å². The summed E-state index contributed by atoms with van der Waals surface area (Å²) in [7, 11) is 0. The SMILES string of the molecule is Nc1ncc2ncn(COCCN3C(=O)c4ccccc4C3=O)c2n1. The van der Waals surface area contributed by atoms with Gasteiger partial charge < -0.3 is 10.5 Å². The molecule has 0 saturated heterocycles. The Balaban J connectivity index is 1.38. The van der Waals surface area contributed by atoms with Gasteiger partial charge in [-0.05, 0) is 12.1 Å². The molecule has 0 spiro atoms. The Bertz CT molecular complexity index is 948. The number of carbonyl (C=O) groups is 2. The number of aromatic nitrogens is 4. The van der Waals surface area contributed by atoms with Gasteiger partial charge in [0.1, 0.15) is 12.2 Å². The molecule has 4 rings (SSSR count). The standard InChI is InChI=1S/C16H14N6O3/c17-16-18-7-12-13(20-16)21(8-19-12)9-25-6-5-22-14(23)10-3-1-2-4-11(10)15(22)24/h1-4,7-8H,5-6,9H2,(H2,17,18,20). The highest BCUT2D eigenvalue weighted by Crippen LogP contribution is 2.21. The van der Waals surface area contributed by atoms with Gasteiger partial charge in [0.2, 0.25) is 5.95 Å². The highest BCUT2D eigenvalue weighted by Gasteiger charge is 2.34. The van der Waals surface area contributed by atoms with Gasteiger partial charge in [-0.25, -0.2) is 9.97 Å². The van der Waals surface area contributed by atoms with Gasteiger partial charge in [0.15, 0.2) is 5.65 Å². The Labute approximate surface area is 142 Å². The number of fused-ring (bicyclic) bond motifs is 2. The molecule has 0 atom stereocenters. The van der Waals surface area contributed by atoms with Gasteiger partial charge in [0, 0.05) is 0 Å². The summed E-state index contributed by atoms with van der Waals surface area (Å²) >= 11 is 0. The minimum absolute atomic E-state index is 0.153. The molecule has 0 bridgehead atoms. The maximum Gasteiger partial charge on any atom is 0.261 e. The number of hydrogen-bond donors (Lipinski definition) is 1. The smallest absolute Gasteiger partial charge is 0.261 e. The van der Waals surface area contributed by atoms with Crippen molar-refractivity contribution < 1.29 is 14.3 Å². The van der Waals surface area contributed by atoms with Crippen LogP contribution in [0.3, 0.4) is 0 Å². The molecule has 9 nitrogen and oxygen atoms in total. The monoisotopic (exact) mass is 338 g/mol. The number of rotatable bonds is 5. The van der Waals surface area contributed by atoms with Gasteiger partial charge in [0.05, 0.1) is 36.8 Å². The lowest BCUT2D eigenvalue weighted by Gasteiger charge is -2.14. The Morgan fingerprint density at radius 1 is 1.08 bits per heavy atom. The fourth-order valence-corrected chi connectivity index (χ4v) is 2.72. The summed E-state index contributed by atoms with van der Waals surface area (Å²) in [6.07, 6.45) is 3.10. The number of amides is 2. The minimum Gasteiger partial charge on any atom is -0.368 e. The molecule has 0 aliphatic carbocycles. The number of imide groups is 1. The number of anilines is 1. The van der Waals surface area contributed by atoms with Crippen LogP contribution >= 0.6 is 0 Å². The number of imidazole rings is 1. The van der Waals surface area contributed by atoms with Gasteiger partial charge in [-0.3, -0.25) is 19.1 Å². The molecule has 3 aromatic rings. The maximum absolute atomic E-state index is 12.2. The molecule has 1 aromatic carbocycles. The molecule has 2 aromatic heterocycles. The van der Waals surface area contributed by atoms with E-state index in [1.807, 2.05) is 0 Å². The van der Waals surface area contributed by atoms with Gasteiger partial charge in [-0.15, -0.1) is 0 Å². The summed E-state index contributed by atoms with van der Waals surface area (Å²) in [5.74, 6) is -0.434. The lowest BCUT2D eigenvalue weighted by molar-refractivity contribution is 0.0452. The van der Waals surface area contributed by atoms with Crippen LogP contribution in [0.4, 0.5) is 5.95 Å². The van der Waals surface area contributed by atoms with Gasteiger partial charge in [-0.2, -0.15) is 4.98 Å². The summed E-state index contributed by atoms with van der Waals surface area (Å²) in [4.78, 5) is 37.8. The van der Waals surface area contributed by atoms with E-state index in [1.54, 1.807) is 35.2 Å². The average Bonchev–Trinajstić information content (AvgIpc) is 3.12. The third-order valence-electron chi connectivity index (χ3n) is 3.94. The van der Waals surface area contributed by atoms with E-state index in [9.17, 15) is 9.59 Å². The van der Waals surface area contributed by atoms with Crippen LogP contribution in [-0.2, 0) is 11.5 Å². The average molecular weight is 338 g/mol. The first kappa shape index (κ1) is 15.2. The predicted molar refractivity (Wildman–Crippen MR) is 87.5 cm³/mol. The number of nitrogens with zero attached hydrogens (tertiary/aromatic N) is 5. The van der Waals surface area contributed by atoms with E-state index in [1.165, 1.54) is 11.1 Å². The van der Waals surface area contributed by atoms with E-state index in [2.05, 4.69) is 15.0 Å². The van der Waals surface area contributed by atoms with Crippen LogP contribution in [0.2, 0.25) is 0 Å². The van der Waals surface area contributed by atoms with Crippen LogP contribution in [0.1, 0.15) is 20.7 Å². The minimum atomic E-state index is -0.294. The summed E-state index contributed by atoms with van der Waals surface area (Å²) in [5, 5.41) is 0. The Morgan fingerprint density at radius 3 is 2.52 bits per heavy atom. The number of carbonyl (C=O) groups excluding carboxylic acids is 2. The first-order valence-electron chi connectivity index (χ1n) is 7.61. The topological polar surface area (TPSA) is 116 Å². The summed E-state index contributed by atoms with van der Waals surface area (Å²) in [6.45, 7) is 0.554. The van der Waals surface area contributed by atoms with Crippen molar-refractivity contribution in [3.8, 4) is 0 Å². The molecular formula is C16H14N6O3. The molecule has 0 saturated carbocycles. The van der Waals surface area contributed by atoms with Crippen LogP contribution in [-0.4, -0.2) is 49.4 Å². The fraction of sp³-hybridized carbons (Fsp3) is 0.188. The molecule has 0 fully saturated rings. The van der Waals surface area contributed by atoms with Crippen LogP contribution in [0.25, 0.3) is 11.2 Å². The second kappa shape index (κ2) is 5.95. The van der Waals surface area contributed by atoms with Crippen molar-refractivity contribution in [2.75, 3.05) is 18.9 Å². The van der Waals surface area contributed by atoms with E-state index >= 15 is 0 Å². The molecule has 25 heavy (non-hydrogen) atoms. The number of nitrogen functional groups attached to an aromatic ring is 1. The normalized spacial score (nSPS) is 13.7. The van der Waals surface area contributed by atoms with Gasteiger partial charge >= 0.3 is 0 Å². The highest BCUT2D eigenvalue weighted by molar-refractivity contribution is 6.21.